The van der Waals surface area contributed by atoms with E-state index in [-0.39, 0.29) is 10.8 Å². The lowest BCUT2D eigenvalue weighted by Gasteiger charge is -2.33. The predicted octanol–water partition coefficient (Wildman–Crippen LogP) is 3.72. The number of amides is 1. The Morgan fingerprint density at radius 2 is 1.82 bits per heavy atom. The molecule has 1 amide bonds. The highest BCUT2D eigenvalue weighted by molar-refractivity contribution is 7.92. The summed E-state index contributed by atoms with van der Waals surface area (Å²) in [5, 5.41) is 3.33. The second-order valence-corrected chi connectivity index (χ2v) is 11.1. The Bertz CT molecular complexity index is 1100. The van der Waals surface area contributed by atoms with Gasteiger partial charge in [0.05, 0.1) is 16.3 Å². The molecule has 0 radical (unpaired) electrons. The van der Waals surface area contributed by atoms with Crippen LogP contribution in [0.15, 0.2) is 47.4 Å². The Balaban J connectivity index is 1.64. The van der Waals surface area contributed by atoms with Gasteiger partial charge in [0.1, 0.15) is 0 Å². The first-order valence-corrected chi connectivity index (χ1v) is 13.9. The molecule has 1 atom stereocenters. The van der Waals surface area contributed by atoms with Crippen LogP contribution >= 0.6 is 0 Å². The first-order chi connectivity index (χ1) is 16.4. The van der Waals surface area contributed by atoms with Crippen molar-refractivity contribution in [2.75, 3.05) is 48.9 Å². The topological polar surface area (TPSA) is 81.8 Å². The van der Waals surface area contributed by atoms with E-state index in [1.165, 1.54) is 0 Å². The molecule has 2 aliphatic rings. The van der Waals surface area contributed by atoms with Crippen molar-refractivity contribution >= 4 is 27.3 Å². The largest absolute Gasteiger partial charge is 0.367 e. The smallest absolute Gasteiger partial charge is 0.261 e. The molecule has 2 saturated heterocycles. The van der Waals surface area contributed by atoms with E-state index in [0.717, 1.165) is 76.2 Å². The lowest BCUT2D eigenvalue weighted by molar-refractivity contribution is 0.0683. The quantitative estimate of drug-likeness (QED) is 0.626. The highest BCUT2D eigenvalue weighted by Gasteiger charge is 2.25. The molecule has 2 aliphatic heterocycles. The van der Waals surface area contributed by atoms with Crippen LogP contribution in [0, 0.1) is 5.92 Å². The Kier molecular flexibility index (Phi) is 7.78. The number of piperidine rings is 1. The third-order valence-corrected chi connectivity index (χ3v) is 8.04. The molecule has 34 heavy (non-hydrogen) atoms. The fraction of sp³-hybridized carbons (Fsp3) is 0.500. The first kappa shape index (κ1) is 24.5. The van der Waals surface area contributed by atoms with Crippen molar-refractivity contribution in [1.82, 2.24) is 10.2 Å². The molecule has 4 rings (SSSR count). The summed E-state index contributed by atoms with van der Waals surface area (Å²) in [6.45, 7) is 8.96. The molecule has 8 heteroatoms. The molecular formula is C26H36N4O3S. The highest BCUT2D eigenvalue weighted by atomic mass is 32.2. The van der Waals surface area contributed by atoms with Crippen molar-refractivity contribution in [3.05, 3.63) is 53.6 Å². The average molecular weight is 485 g/mol. The zero-order valence-electron chi connectivity index (χ0n) is 20.2. The number of piperazine rings is 1. The van der Waals surface area contributed by atoms with Crippen molar-refractivity contribution in [2.45, 2.75) is 44.4 Å². The minimum Gasteiger partial charge on any atom is -0.367 e. The predicted molar refractivity (Wildman–Crippen MR) is 137 cm³/mol. The van der Waals surface area contributed by atoms with E-state index in [0.29, 0.717) is 17.2 Å². The van der Waals surface area contributed by atoms with Crippen LogP contribution in [0.1, 0.15) is 49.0 Å². The van der Waals surface area contributed by atoms with E-state index < -0.39 is 10.0 Å². The highest BCUT2D eigenvalue weighted by Crippen LogP contribution is 2.31. The molecule has 2 heterocycles. The molecule has 7 nitrogen and oxygen atoms in total. The number of hydrogen-bond donors (Lipinski definition) is 2. The van der Waals surface area contributed by atoms with Crippen molar-refractivity contribution in [1.29, 1.82) is 0 Å². The number of sulfonamides is 1. The lowest BCUT2D eigenvalue weighted by Crippen LogP contribution is -2.44. The maximum Gasteiger partial charge on any atom is 0.261 e. The number of nitrogens with zero attached hydrogens (tertiary/aromatic N) is 2. The third kappa shape index (κ3) is 5.73. The van der Waals surface area contributed by atoms with Gasteiger partial charge in [0, 0.05) is 44.8 Å². The summed E-state index contributed by atoms with van der Waals surface area (Å²) in [6, 6.07) is 12.5. The van der Waals surface area contributed by atoms with Gasteiger partial charge in [-0.25, -0.2) is 8.42 Å². The number of nitrogens with one attached hydrogen (secondary N) is 2. The standard InChI is InChI=1S/C26H36N4O3S/c1-3-5-21-7-10-23(11-8-21)34(32,33)28-24-18-22(26(31)30-15-4-6-20(2)19-30)9-12-25(24)29-16-13-27-14-17-29/h7-12,18,20,27-28H,3-6,13-17,19H2,1-2H3/t20-/m0/s1. The van der Waals surface area contributed by atoms with Gasteiger partial charge in [-0.1, -0.05) is 32.4 Å². The van der Waals surface area contributed by atoms with Crippen molar-refractivity contribution < 1.29 is 13.2 Å². The van der Waals surface area contributed by atoms with E-state index in [2.05, 4.69) is 28.8 Å². The van der Waals surface area contributed by atoms with Crippen LogP contribution in [0.4, 0.5) is 11.4 Å². The number of benzene rings is 2. The Morgan fingerprint density at radius 1 is 1.09 bits per heavy atom. The molecule has 0 saturated carbocycles. The summed E-state index contributed by atoms with van der Waals surface area (Å²) in [5.74, 6) is 0.439. The number of anilines is 2. The van der Waals surface area contributed by atoms with Crippen LogP contribution in [0.2, 0.25) is 0 Å². The number of carbonyl (C=O) groups excluding carboxylic acids is 1. The minimum absolute atomic E-state index is 0.0391. The second kappa shape index (κ2) is 10.8. The number of hydrogen-bond acceptors (Lipinski definition) is 5. The van der Waals surface area contributed by atoms with E-state index in [4.69, 9.17) is 0 Å². The van der Waals surface area contributed by atoms with Crippen LogP contribution in [0.3, 0.4) is 0 Å². The van der Waals surface area contributed by atoms with Crippen LogP contribution in [-0.2, 0) is 16.4 Å². The molecule has 0 aromatic heterocycles. The SMILES string of the molecule is CCCc1ccc(S(=O)(=O)Nc2cc(C(=O)N3CCC[C@H](C)C3)ccc2N2CCNCC2)cc1. The molecule has 0 spiro atoms. The number of carbonyl (C=O) groups is 1. The summed E-state index contributed by atoms with van der Waals surface area (Å²) in [7, 11) is -3.80. The van der Waals surface area contributed by atoms with E-state index >= 15 is 0 Å². The van der Waals surface area contributed by atoms with Gasteiger partial charge in [-0.05, 0) is 61.1 Å². The minimum atomic E-state index is -3.80. The Labute approximate surface area is 203 Å². The van der Waals surface area contributed by atoms with Gasteiger partial charge in [0.15, 0.2) is 0 Å². The molecular weight excluding hydrogens is 448 g/mol. The fourth-order valence-electron chi connectivity index (χ4n) is 4.82. The maximum atomic E-state index is 13.3. The van der Waals surface area contributed by atoms with Gasteiger partial charge >= 0.3 is 0 Å². The molecule has 2 aromatic rings. The number of likely N-dealkylation sites (tertiary alicyclic amines) is 1. The fourth-order valence-corrected chi connectivity index (χ4v) is 5.88. The lowest BCUT2D eigenvalue weighted by atomic mass is 9.99. The van der Waals surface area contributed by atoms with Crippen LogP contribution in [-0.4, -0.2) is 58.5 Å². The van der Waals surface area contributed by atoms with Gasteiger partial charge in [-0.15, -0.1) is 0 Å². The van der Waals surface area contributed by atoms with Crippen LogP contribution < -0.4 is 14.9 Å². The van der Waals surface area contributed by atoms with Crippen molar-refractivity contribution in [3.63, 3.8) is 0 Å². The van der Waals surface area contributed by atoms with Gasteiger partial charge in [0.25, 0.3) is 15.9 Å². The molecule has 0 unspecified atom stereocenters. The molecule has 184 valence electrons. The number of aryl methyl sites for hydroxylation is 1. The molecule has 2 fully saturated rings. The normalized spacial score (nSPS) is 19.2. The van der Waals surface area contributed by atoms with E-state index in [1.807, 2.05) is 29.2 Å². The van der Waals surface area contributed by atoms with E-state index in [9.17, 15) is 13.2 Å². The zero-order chi connectivity index (χ0) is 24.1. The van der Waals surface area contributed by atoms with Crippen molar-refractivity contribution in [2.24, 2.45) is 5.92 Å². The summed E-state index contributed by atoms with van der Waals surface area (Å²) in [4.78, 5) is 17.5. The van der Waals surface area contributed by atoms with E-state index in [1.54, 1.807) is 18.2 Å². The van der Waals surface area contributed by atoms with Crippen molar-refractivity contribution in [3.8, 4) is 0 Å². The average Bonchev–Trinajstić information content (AvgIpc) is 2.84. The van der Waals surface area contributed by atoms with Gasteiger partial charge in [-0.3, -0.25) is 9.52 Å². The van der Waals surface area contributed by atoms with Crippen LogP contribution in [0.25, 0.3) is 0 Å². The van der Waals surface area contributed by atoms with Gasteiger partial charge in [0.2, 0.25) is 0 Å². The first-order valence-electron chi connectivity index (χ1n) is 12.4. The summed E-state index contributed by atoms with van der Waals surface area (Å²) >= 11 is 0. The van der Waals surface area contributed by atoms with Gasteiger partial charge < -0.3 is 15.1 Å². The molecule has 2 N–H and O–H groups in total. The Morgan fingerprint density at radius 3 is 2.50 bits per heavy atom. The molecule has 0 aliphatic carbocycles. The van der Waals surface area contributed by atoms with Gasteiger partial charge in [-0.2, -0.15) is 0 Å². The summed E-state index contributed by atoms with van der Waals surface area (Å²) in [6.07, 6.45) is 4.06. The number of rotatable bonds is 7. The summed E-state index contributed by atoms with van der Waals surface area (Å²) < 4.78 is 29.4. The Hall–Kier alpha value is -2.58. The summed E-state index contributed by atoms with van der Waals surface area (Å²) in [5.41, 5.74) is 2.89. The second-order valence-electron chi connectivity index (χ2n) is 9.47. The monoisotopic (exact) mass is 484 g/mol. The molecule has 2 aromatic carbocycles. The molecule has 0 bridgehead atoms. The zero-order valence-corrected chi connectivity index (χ0v) is 21.0. The van der Waals surface area contributed by atoms with Crippen LogP contribution in [0.5, 0.6) is 0 Å². The third-order valence-electron chi connectivity index (χ3n) is 6.66. The maximum absolute atomic E-state index is 13.3.